The van der Waals surface area contributed by atoms with E-state index in [1.54, 1.807) is 0 Å². The molecule has 0 amide bonds. The van der Waals surface area contributed by atoms with Gasteiger partial charge in [0.05, 0.1) is 5.92 Å². The van der Waals surface area contributed by atoms with E-state index in [2.05, 4.69) is 6.08 Å². The second-order valence-electron chi connectivity index (χ2n) is 2.77. The van der Waals surface area contributed by atoms with Crippen molar-refractivity contribution < 1.29 is 9.90 Å². The summed E-state index contributed by atoms with van der Waals surface area (Å²) in [5.41, 5.74) is 0. The van der Waals surface area contributed by atoms with Crippen LogP contribution >= 0.6 is 0 Å². The highest BCUT2D eigenvalue weighted by molar-refractivity contribution is 5.75. The molecule has 2 nitrogen and oxygen atoms in total. The van der Waals surface area contributed by atoms with Gasteiger partial charge in [-0.3, -0.25) is 4.79 Å². The third-order valence-electron chi connectivity index (χ3n) is 2.28. The topological polar surface area (TPSA) is 37.3 Å². The van der Waals surface area contributed by atoms with Crippen LogP contribution in [0.5, 0.6) is 0 Å². The van der Waals surface area contributed by atoms with E-state index >= 15 is 0 Å². The lowest BCUT2D eigenvalue weighted by Gasteiger charge is -1.88. The average molecular weight is 124 g/mol. The van der Waals surface area contributed by atoms with Crippen molar-refractivity contribution in [2.45, 2.75) is 6.42 Å². The Morgan fingerprint density at radius 3 is 2.78 bits per heavy atom. The van der Waals surface area contributed by atoms with Gasteiger partial charge in [-0.05, 0) is 18.3 Å². The van der Waals surface area contributed by atoms with Crippen LogP contribution in [0.4, 0.5) is 0 Å². The van der Waals surface area contributed by atoms with Crippen LogP contribution < -0.4 is 0 Å². The van der Waals surface area contributed by atoms with Crippen molar-refractivity contribution in [2.75, 3.05) is 0 Å². The zero-order chi connectivity index (χ0) is 6.43. The Morgan fingerprint density at radius 2 is 2.44 bits per heavy atom. The van der Waals surface area contributed by atoms with Crippen LogP contribution in [-0.4, -0.2) is 11.1 Å². The molecule has 0 aliphatic heterocycles. The predicted octanol–water partition coefficient (Wildman–Crippen LogP) is 0.893. The van der Waals surface area contributed by atoms with Crippen LogP contribution in [0, 0.1) is 17.8 Å². The maximum Gasteiger partial charge on any atom is 0.307 e. The van der Waals surface area contributed by atoms with Crippen molar-refractivity contribution in [3.63, 3.8) is 0 Å². The molecule has 2 rings (SSSR count). The summed E-state index contributed by atoms with van der Waals surface area (Å²) in [5, 5.41) is 8.53. The minimum Gasteiger partial charge on any atom is -0.481 e. The van der Waals surface area contributed by atoms with Gasteiger partial charge >= 0.3 is 5.97 Å². The molecule has 0 spiro atoms. The normalized spacial score (nSPS) is 44.7. The Morgan fingerprint density at radius 1 is 1.67 bits per heavy atom. The lowest BCUT2D eigenvalue weighted by molar-refractivity contribution is -0.139. The molecule has 0 saturated heterocycles. The Hall–Kier alpha value is -0.790. The van der Waals surface area contributed by atoms with Crippen molar-refractivity contribution in [3.8, 4) is 0 Å². The number of hydrogen-bond donors (Lipinski definition) is 1. The molecule has 2 heteroatoms. The van der Waals surface area contributed by atoms with Crippen molar-refractivity contribution in [1.29, 1.82) is 0 Å². The number of aliphatic carboxylic acids is 1. The summed E-state index contributed by atoms with van der Waals surface area (Å²) in [5.74, 6) is 0.203. The Bertz CT molecular complexity index is 183. The van der Waals surface area contributed by atoms with Crippen molar-refractivity contribution >= 4 is 5.97 Å². The lowest BCUT2D eigenvalue weighted by atomic mass is 10.2. The highest BCUT2D eigenvalue weighted by Crippen LogP contribution is 2.53. The predicted molar refractivity (Wildman–Crippen MR) is 31.9 cm³/mol. The molecule has 2 aliphatic rings. The van der Waals surface area contributed by atoms with Crippen LogP contribution in [0.3, 0.4) is 0 Å². The summed E-state index contributed by atoms with van der Waals surface area (Å²) in [7, 11) is 0. The molecule has 1 fully saturated rings. The molecule has 48 valence electrons. The van der Waals surface area contributed by atoms with E-state index in [-0.39, 0.29) is 5.92 Å². The summed E-state index contributed by atoms with van der Waals surface area (Å²) in [6, 6.07) is 0. The first-order valence-corrected chi connectivity index (χ1v) is 3.20. The first-order chi connectivity index (χ1) is 4.30. The number of hydrogen-bond acceptors (Lipinski definition) is 1. The van der Waals surface area contributed by atoms with E-state index in [0.29, 0.717) is 11.8 Å². The highest BCUT2D eigenvalue weighted by atomic mass is 16.4. The van der Waals surface area contributed by atoms with Gasteiger partial charge in [0.15, 0.2) is 0 Å². The van der Waals surface area contributed by atoms with Crippen molar-refractivity contribution in [3.05, 3.63) is 12.2 Å². The molecule has 0 aromatic carbocycles. The second-order valence-corrected chi connectivity index (χ2v) is 2.77. The van der Waals surface area contributed by atoms with Gasteiger partial charge in [0.25, 0.3) is 0 Å². The Labute approximate surface area is 53.2 Å². The molecular formula is C7H8O2. The fourth-order valence-electron chi connectivity index (χ4n) is 1.71. The molecule has 1 saturated carbocycles. The number of rotatable bonds is 1. The van der Waals surface area contributed by atoms with Crippen LogP contribution in [0.25, 0.3) is 0 Å². The quantitative estimate of drug-likeness (QED) is 0.527. The molecule has 0 bridgehead atoms. The zero-order valence-electron chi connectivity index (χ0n) is 4.95. The van der Waals surface area contributed by atoms with Gasteiger partial charge in [-0.1, -0.05) is 12.2 Å². The average Bonchev–Trinajstić information content (AvgIpc) is 2.30. The first kappa shape index (κ1) is 5.03. The molecular weight excluding hydrogens is 116 g/mol. The summed E-state index contributed by atoms with van der Waals surface area (Å²) < 4.78 is 0. The lowest BCUT2D eigenvalue weighted by Crippen LogP contribution is -2.00. The molecule has 0 radical (unpaired) electrons. The van der Waals surface area contributed by atoms with Gasteiger partial charge in [0.1, 0.15) is 0 Å². The van der Waals surface area contributed by atoms with E-state index in [1.165, 1.54) is 0 Å². The largest absolute Gasteiger partial charge is 0.481 e. The summed E-state index contributed by atoms with van der Waals surface area (Å²) in [6.07, 6.45) is 5.10. The van der Waals surface area contributed by atoms with Gasteiger partial charge < -0.3 is 5.11 Å². The summed E-state index contributed by atoms with van der Waals surface area (Å²) >= 11 is 0. The number of carbonyl (C=O) groups is 1. The summed E-state index contributed by atoms with van der Waals surface area (Å²) in [4.78, 5) is 10.3. The molecule has 0 unspecified atom stereocenters. The van der Waals surface area contributed by atoms with Gasteiger partial charge in [-0.25, -0.2) is 0 Å². The standard InChI is InChI=1S/C7H8O2/c8-7(9)6-4-2-1-3-5(4)6/h1-2,4-6H,3H2,(H,8,9)/t4-,5-,6+/m0/s1. The monoisotopic (exact) mass is 124 g/mol. The zero-order valence-corrected chi connectivity index (χ0v) is 4.95. The number of fused-ring (bicyclic) bond motifs is 1. The Kier molecular flexibility index (Phi) is 0.770. The first-order valence-electron chi connectivity index (χ1n) is 3.20. The van der Waals surface area contributed by atoms with E-state index < -0.39 is 5.97 Å². The van der Waals surface area contributed by atoms with Crippen LogP contribution in [0.2, 0.25) is 0 Å². The summed E-state index contributed by atoms with van der Waals surface area (Å²) in [6.45, 7) is 0. The maximum absolute atomic E-state index is 10.3. The number of allylic oxidation sites excluding steroid dienone is 2. The SMILES string of the molecule is O=C(O)[C@@H]1[C@H]2C=CC[C@@H]21. The molecule has 0 aromatic heterocycles. The molecule has 9 heavy (non-hydrogen) atoms. The van der Waals surface area contributed by atoms with Crippen molar-refractivity contribution in [1.82, 2.24) is 0 Å². The molecule has 0 aromatic rings. The van der Waals surface area contributed by atoms with Gasteiger partial charge in [0.2, 0.25) is 0 Å². The molecule has 0 heterocycles. The minimum absolute atomic E-state index is 0.0324. The van der Waals surface area contributed by atoms with E-state index in [4.69, 9.17) is 5.11 Å². The number of carboxylic acid groups (broad SMARTS) is 1. The molecule has 3 atom stereocenters. The highest BCUT2D eigenvalue weighted by Gasteiger charge is 2.54. The van der Waals surface area contributed by atoms with Crippen molar-refractivity contribution in [2.24, 2.45) is 17.8 Å². The fraction of sp³-hybridized carbons (Fsp3) is 0.571. The van der Waals surface area contributed by atoms with Gasteiger partial charge in [-0.15, -0.1) is 0 Å². The Balaban J connectivity index is 2.10. The third-order valence-corrected chi connectivity index (χ3v) is 2.28. The van der Waals surface area contributed by atoms with Crippen LogP contribution in [0.1, 0.15) is 6.42 Å². The fourth-order valence-corrected chi connectivity index (χ4v) is 1.71. The molecule has 2 aliphatic carbocycles. The second kappa shape index (κ2) is 1.38. The number of carboxylic acids is 1. The van der Waals surface area contributed by atoms with E-state index in [0.717, 1.165) is 6.42 Å². The van der Waals surface area contributed by atoms with Crippen LogP contribution in [-0.2, 0) is 4.79 Å². The third kappa shape index (κ3) is 0.530. The van der Waals surface area contributed by atoms with E-state index in [9.17, 15) is 4.79 Å². The van der Waals surface area contributed by atoms with Crippen LogP contribution in [0.15, 0.2) is 12.2 Å². The van der Waals surface area contributed by atoms with E-state index in [1.807, 2.05) is 6.08 Å². The molecule has 1 N–H and O–H groups in total. The van der Waals surface area contributed by atoms with Gasteiger partial charge in [0, 0.05) is 0 Å². The smallest absolute Gasteiger partial charge is 0.307 e. The minimum atomic E-state index is -0.616. The maximum atomic E-state index is 10.3. The van der Waals surface area contributed by atoms with Gasteiger partial charge in [-0.2, -0.15) is 0 Å².